The predicted molar refractivity (Wildman–Crippen MR) is 78.7 cm³/mol. The number of halogens is 3. The summed E-state index contributed by atoms with van der Waals surface area (Å²) in [5, 5.41) is 1.64. The number of rotatable bonds is 3. The fraction of sp³-hybridized carbons (Fsp3) is 0.357. The van der Waals surface area contributed by atoms with Crippen LogP contribution in [0, 0.1) is 0 Å². The number of carbonyl (C=O) groups is 3. The zero-order chi connectivity index (χ0) is 17.2. The van der Waals surface area contributed by atoms with Gasteiger partial charge in [-0.15, -0.1) is 11.8 Å². The number of amides is 3. The lowest BCUT2D eigenvalue weighted by molar-refractivity contribution is -0.146. The van der Waals surface area contributed by atoms with Crippen molar-refractivity contribution in [3.63, 3.8) is 0 Å². The average Bonchev–Trinajstić information content (AvgIpc) is 2.47. The van der Waals surface area contributed by atoms with Gasteiger partial charge in [0.25, 0.3) is 0 Å². The van der Waals surface area contributed by atoms with E-state index in [1.54, 1.807) is 6.92 Å². The second-order valence-corrected chi connectivity index (χ2v) is 6.19. The Hall–Kier alpha value is -2.03. The molecule has 0 spiro atoms. The van der Waals surface area contributed by atoms with Crippen LogP contribution in [0.3, 0.4) is 0 Å². The Morgan fingerprint density at radius 3 is 2.65 bits per heavy atom. The van der Waals surface area contributed by atoms with Crippen LogP contribution >= 0.6 is 11.8 Å². The van der Waals surface area contributed by atoms with Crippen molar-refractivity contribution in [2.75, 3.05) is 17.6 Å². The van der Waals surface area contributed by atoms with Gasteiger partial charge in [0.15, 0.2) is 0 Å². The van der Waals surface area contributed by atoms with Crippen LogP contribution in [0.4, 0.5) is 18.9 Å². The van der Waals surface area contributed by atoms with E-state index in [1.165, 1.54) is 12.1 Å². The van der Waals surface area contributed by atoms with Crippen molar-refractivity contribution in [2.24, 2.45) is 0 Å². The van der Waals surface area contributed by atoms with E-state index in [0.717, 1.165) is 28.8 Å². The van der Waals surface area contributed by atoms with Crippen molar-refractivity contribution in [2.45, 2.75) is 18.3 Å². The molecule has 2 rings (SSSR count). The minimum absolute atomic E-state index is 0.0549. The lowest BCUT2D eigenvalue weighted by atomic mass is 10.1. The van der Waals surface area contributed by atoms with E-state index in [1.807, 2.05) is 0 Å². The van der Waals surface area contributed by atoms with E-state index in [-0.39, 0.29) is 5.75 Å². The number of nitrogens with one attached hydrogen (secondary N) is 1. The monoisotopic (exact) mass is 346 g/mol. The third-order valence-electron chi connectivity index (χ3n) is 3.18. The Bertz CT molecular complexity index is 648. The summed E-state index contributed by atoms with van der Waals surface area (Å²) in [5.74, 6) is -1.86. The van der Waals surface area contributed by atoms with Crippen molar-refractivity contribution in [3.05, 3.63) is 29.8 Å². The van der Waals surface area contributed by atoms with E-state index >= 15 is 0 Å². The first-order valence-electron chi connectivity index (χ1n) is 6.62. The summed E-state index contributed by atoms with van der Waals surface area (Å²) in [6, 6.07) is 4.50. The molecule has 0 bridgehead atoms. The van der Waals surface area contributed by atoms with Crippen LogP contribution in [0.2, 0.25) is 0 Å². The topological polar surface area (TPSA) is 66.5 Å². The maximum Gasteiger partial charge on any atom is 0.418 e. The molecule has 1 fully saturated rings. The molecular weight excluding hydrogens is 333 g/mol. The Kier molecular flexibility index (Phi) is 4.98. The van der Waals surface area contributed by atoms with E-state index < -0.39 is 46.9 Å². The van der Waals surface area contributed by atoms with E-state index in [2.05, 4.69) is 5.32 Å². The minimum Gasteiger partial charge on any atom is -0.324 e. The first kappa shape index (κ1) is 17.3. The van der Waals surface area contributed by atoms with Gasteiger partial charge in [0.2, 0.25) is 17.7 Å². The highest BCUT2D eigenvalue weighted by Gasteiger charge is 2.35. The Balaban J connectivity index is 2.11. The zero-order valence-electron chi connectivity index (χ0n) is 12.0. The number of benzene rings is 1. The summed E-state index contributed by atoms with van der Waals surface area (Å²) in [6.07, 6.45) is -4.62. The van der Waals surface area contributed by atoms with Gasteiger partial charge in [-0.05, 0) is 19.1 Å². The van der Waals surface area contributed by atoms with Gasteiger partial charge >= 0.3 is 6.18 Å². The van der Waals surface area contributed by atoms with Gasteiger partial charge in [-0.3, -0.25) is 19.3 Å². The fourth-order valence-corrected chi connectivity index (χ4v) is 2.84. The molecule has 1 saturated heterocycles. The van der Waals surface area contributed by atoms with Gasteiger partial charge in [0.1, 0.15) is 6.54 Å². The smallest absolute Gasteiger partial charge is 0.324 e. The molecule has 1 unspecified atom stereocenters. The molecule has 124 valence electrons. The summed E-state index contributed by atoms with van der Waals surface area (Å²) in [5.41, 5.74) is -1.40. The van der Waals surface area contributed by atoms with Gasteiger partial charge in [-0.25, -0.2) is 0 Å². The molecule has 23 heavy (non-hydrogen) atoms. The molecule has 9 heteroatoms. The quantitative estimate of drug-likeness (QED) is 0.852. The van der Waals surface area contributed by atoms with Gasteiger partial charge in [-0.1, -0.05) is 12.1 Å². The zero-order valence-corrected chi connectivity index (χ0v) is 12.8. The van der Waals surface area contributed by atoms with E-state index in [9.17, 15) is 27.6 Å². The van der Waals surface area contributed by atoms with E-state index in [0.29, 0.717) is 0 Å². The second kappa shape index (κ2) is 6.61. The third kappa shape index (κ3) is 4.04. The van der Waals surface area contributed by atoms with Gasteiger partial charge in [0, 0.05) is 0 Å². The number of anilines is 1. The van der Waals surface area contributed by atoms with Crippen LogP contribution < -0.4 is 5.32 Å². The summed E-state index contributed by atoms with van der Waals surface area (Å²) < 4.78 is 38.6. The third-order valence-corrected chi connectivity index (χ3v) is 4.30. The lowest BCUT2D eigenvalue weighted by Gasteiger charge is -2.28. The van der Waals surface area contributed by atoms with Crippen molar-refractivity contribution < 1.29 is 27.6 Å². The number of hydrogen-bond donors (Lipinski definition) is 1. The molecule has 0 aliphatic carbocycles. The Morgan fingerprint density at radius 1 is 1.35 bits per heavy atom. The first-order chi connectivity index (χ1) is 10.7. The van der Waals surface area contributed by atoms with Crippen LogP contribution in [0.15, 0.2) is 24.3 Å². The molecule has 0 radical (unpaired) electrons. The number of carbonyl (C=O) groups excluding carboxylic acids is 3. The maximum atomic E-state index is 12.9. The normalized spacial score (nSPS) is 19.0. The molecule has 1 atom stereocenters. The van der Waals surface area contributed by atoms with Crippen LogP contribution in [0.25, 0.3) is 0 Å². The molecule has 1 aromatic rings. The van der Waals surface area contributed by atoms with Gasteiger partial charge in [0.05, 0.1) is 22.3 Å². The van der Waals surface area contributed by atoms with Crippen LogP contribution in [-0.4, -0.2) is 40.2 Å². The molecule has 1 aliphatic heterocycles. The molecule has 1 aromatic carbocycles. The second-order valence-electron chi connectivity index (χ2n) is 4.86. The van der Waals surface area contributed by atoms with Crippen molar-refractivity contribution in [1.82, 2.24) is 4.90 Å². The number of imide groups is 1. The number of thioether (sulfide) groups is 1. The standard InChI is InChI=1S/C14H13F3N2O3S/c1-8-13(22)19(12(21)7-23-8)6-11(20)18-10-5-3-2-4-9(10)14(15,16)17/h2-5,8H,6-7H2,1H3,(H,18,20). The average molecular weight is 346 g/mol. The van der Waals surface area contributed by atoms with Crippen LogP contribution in [0.5, 0.6) is 0 Å². The minimum atomic E-state index is -4.62. The number of nitrogens with zero attached hydrogens (tertiary/aromatic N) is 1. The molecular formula is C14H13F3N2O3S. The maximum absolute atomic E-state index is 12.9. The fourth-order valence-electron chi connectivity index (χ4n) is 2.03. The molecule has 0 saturated carbocycles. The lowest BCUT2D eigenvalue weighted by Crippen LogP contribution is -2.49. The van der Waals surface area contributed by atoms with Crippen molar-refractivity contribution >= 4 is 35.2 Å². The predicted octanol–water partition coefficient (Wildman–Crippen LogP) is 2.13. The number of hydrogen-bond acceptors (Lipinski definition) is 4. The van der Waals surface area contributed by atoms with E-state index in [4.69, 9.17) is 0 Å². The van der Waals surface area contributed by atoms with Gasteiger partial charge in [-0.2, -0.15) is 13.2 Å². The highest BCUT2D eigenvalue weighted by atomic mass is 32.2. The Morgan fingerprint density at radius 2 is 2.00 bits per heavy atom. The highest BCUT2D eigenvalue weighted by molar-refractivity contribution is 8.01. The summed E-state index contributed by atoms with van der Waals surface area (Å²) in [4.78, 5) is 36.3. The first-order valence-corrected chi connectivity index (χ1v) is 7.67. The molecule has 0 aromatic heterocycles. The van der Waals surface area contributed by atoms with Gasteiger partial charge < -0.3 is 5.32 Å². The van der Waals surface area contributed by atoms with Crippen molar-refractivity contribution in [1.29, 1.82) is 0 Å². The molecule has 5 nitrogen and oxygen atoms in total. The largest absolute Gasteiger partial charge is 0.418 e. The van der Waals surface area contributed by atoms with Crippen LogP contribution in [-0.2, 0) is 20.6 Å². The molecule has 1 aliphatic rings. The van der Waals surface area contributed by atoms with Crippen LogP contribution in [0.1, 0.15) is 12.5 Å². The number of para-hydroxylation sites is 1. The summed E-state index contributed by atoms with van der Waals surface area (Å²) >= 11 is 1.15. The Labute approximate surface area is 134 Å². The SMILES string of the molecule is CC1SCC(=O)N(CC(=O)Nc2ccccc2C(F)(F)F)C1=O. The molecule has 3 amide bonds. The summed E-state index contributed by atoms with van der Waals surface area (Å²) in [7, 11) is 0. The molecule has 1 N–H and O–H groups in total. The summed E-state index contributed by atoms with van der Waals surface area (Å²) in [6.45, 7) is 0.998. The molecule has 1 heterocycles. The number of alkyl halides is 3. The van der Waals surface area contributed by atoms with Crippen molar-refractivity contribution in [3.8, 4) is 0 Å². The highest BCUT2D eigenvalue weighted by Crippen LogP contribution is 2.34.